The average Bonchev–Trinajstić information content (AvgIpc) is 2.25. The minimum Gasteiger partial charge on any atom is -0.396 e. The first-order chi connectivity index (χ1) is 7.99. The van der Waals surface area contributed by atoms with Gasteiger partial charge in [0.15, 0.2) is 0 Å². The van der Waals surface area contributed by atoms with Gasteiger partial charge in [0, 0.05) is 6.61 Å². The van der Waals surface area contributed by atoms with E-state index in [1.54, 1.807) is 0 Å². The molecule has 0 heterocycles. The highest BCUT2D eigenvalue weighted by atomic mass is 16.3. The quantitative estimate of drug-likeness (QED) is 0.823. The molecule has 0 aromatic heterocycles. The maximum Gasteiger partial charge on any atom is 0.0474 e. The predicted octanol–water partition coefficient (Wildman–Crippen LogP) is 2.36. The summed E-state index contributed by atoms with van der Waals surface area (Å²) in [5.74, 6) is 0.625. The van der Waals surface area contributed by atoms with E-state index in [0.717, 1.165) is 6.42 Å². The summed E-state index contributed by atoms with van der Waals surface area (Å²) in [6.45, 7) is 9.37. The highest BCUT2D eigenvalue weighted by Gasteiger charge is 2.17. The molecular weight excluding hydrogens is 210 g/mol. The van der Waals surface area contributed by atoms with Gasteiger partial charge < -0.3 is 10.8 Å². The number of nitrogens with two attached hydrogens (primary N) is 1. The molecule has 0 radical (unpaired) electrons. The van der Waals surface area contributed by atoms with Crippen molar-refractivity contribution in [2.75, 3.05) is 13.2 Å². The molecular formula is C15H25NO. The summed E-state index contributed by atoms with van der Waals surface area (Å²) in [5.41, 5.74) is 11.1. The Labute approximate surface area is 105 Å². The third-order valence-corrected chi connectivity index (χ3v) is 3.71. The Balaban J connectivity index is 2.88. The van der Waals surface area contributed by atoms with Crippen molar-refractivity contribution < 1.29 is 5.11 Å². The topological polar surface area (TPSA) is 46.2 Å². The number of aryl methyl sites for hydroxylation is 3. The van der Waals surface area contributed by atoms with Crippen molar-refractivity contribution in [3.63, 3.8) is 0 Å². The van der Waals surface area contributed by atoms with E-state index < -0.39 is 0 Å². The number of aliphatic hydroxyl groups excluding tert-OH is 1. The van der Waals surface area contributed by atoms with Crippen LogP contribution in [0.1, 0.15) is 29.2 Å². The summed E-state index contributed by atoms with van der Waals surface area (Å²) in [7, 11) is 0. The third kappa shape index (κ3) is 3.55. The van der Waals surface area contributed by atoms with Crippen LogP contribution < -0.4 is 5.73 Å². The number of hydrogen-bond donors (Lipinski definition) is 2. The smallest absolute Gasteiger partial charge is 0.0474 e. The Morgan fingerprint density at radius 1 is 1.18 bits per heavy atom. The van der Waals surface area contributed by atoms with Crippen molar-refractivity contribution in [1.29, 1.82) is 0 Å². The van der Waals surface area contributed by atoms with Crippen molar-refractivity contribution in [3.8, 4) is 0 Å². The summed E-state index contributed by atoms with van der Waals surface area (Å²) in [4.78, 5) is 0. The molecule has 0 aliphatic carbocycles. The lowest BCUT2D eigenvalue weighted by atomic mass is 9.85. The molecule has 0 aliphatic heterocycles. The summed E-state index contributed by atoms with van der Waals surface area (Å²) in [5, 5.41) is 9.28. The van der Waals surface area contributed by atoms with E-state index in [1.165, 1.54) is 22.3 Å². The molecule has 0 amide bonds. The molecule has 0 spiro atoms. The largest absolute Gasteiger partial charge is 0.396 e. The first-order valence-corrected chi connectivity index (χ1v) is 6.37. The van der Waals surface area contributed by atoms with Crippen LogP contribution in [0.3, 0.4) is 0 Å². The number of aliphatic hydroxyl groups is 1. The lowest BCUT2D eigenvalue weighted by Gasteiger charge is -2.22. The lowest BCUT2D eigenvalue weighted by Crippen LogP contribution is -2.26. The molecule has 1 rings (SSSR count). The van der Waals surface area contributed by atoms with Gasteiger partial charge in [0.1, 0.15) is 0 Å². The fraction of sp³-hybridized carbons (Fsp3) is 0.600. The lowest BCUT2D eigenvalue weighted by molar-refractivity contribution is 0.187. The molecule has 1 aromatic carbocycles. The van der Waals surface area contributed by atoms with Gasteiger partial charge in [0.25, 0.3) is 0 Å². The van der Waals surface area contributed by atoms with E-state index in [9.17, 15) is 5.11 Å². The molecule has 0 aliphatic rings. The van der Waals surface area contributed by atoms with Gasteiger partial charge in [-0.3, -0.25) is 0 Å². The second kappa shape index (κ2) is 6.18. The van der Waals surface area contributed by atoms with Gasteiger partial charge in [0.2, 0.25) is 0 Å². The van der Waals surface area contributed by atoms with E-state index in [0.29, 0.717) is 12.5 Å². The molecule has 2 nitrogen and oxygen atoms in total. The molecule has 0 fully saturated rings. The van der Waals surface area contributed by atoms with Gasteiger partial charge in [-0.05, 0) is 62.3 Å². The second-order valence-corrected chi connectivity index (χ2v) is 5.24. The van der Waals surface area contributed by atoms with E-state index in [4.69, 9.17) is 5.73 Å². The second-order valence-electron chi connectivity index (χ2n) is 5.24. The van der Waals surface area contributed by atoms with Crippen molar-refractivity contribution >= 4 is 0 Å². The molecule has 2 heteroatoms. The van der Waals surface area contributed by atoms with E-state index >= 15 is 0 Å². The molecule has 17 heavy (non-hydrogen) atoms. The molecule has 0 saturated carbocycles. The number of rotatable bonds is 5. The zero-order valence-corrected chi connectivity index (χ0v) is 11.5. The van der Waals surface area contributed by atoms with Crippen LogP contribution in [-0.2, 0) is 6.42 Å². The summed E-state index contributed by atoms with van der Waals surface area (Å²) >= 11 is 0. The van der Waals surface area contributed by atoms with Gasteiger partial charge >= 0.3 is 0 Å². The van der Waals surface area contributed by atoms with Crippen LogP contribution in [0.4, 0.5) is 0 Å². The zero-order valence-electron chi connectivity index (χ0n) is 11.5. The van der Waals surface area contributed by atoms with Crippen molar-refractivity contribution in [2.45, 2.75) is 34.1 Å². The summed E-state index contributed by atoms with van der Waals surface area (Å²) in [6, 6.07) is 4.46. The molecule has 96 valence electrons. The van der Waals surface area contributed by atoms with E-state index in [1.807, 2.05) is 0 Å². The number of benzene rings is 1. The molecule has 2 atom stereocenters. The Morgan fingerprint density at radius 3 is 2.12 bits per heavy atom. The maximum absolute atomic E-state index is 9.28. The summed E-state index contributed by atoms with van der Waals surface area (Å²) in [6.07, 6.45) is 1.00. The van der Waals surface area contributed by atoms with Crippen LogP contribution in [0.2, 0.25) is 0 Å². The number of hydrogen-bond acceptors (Lipinski definition) is 2. The fourth-order valence-electron chi connectivity index (χ4n) is 2.51. The van der Waals surface area contributed by atoms with Gasteiger partial charge in [-0.2, -0.15) is 0 Å². The van der Waals surface area contributed by atoms with Crippen LogP contribution in [0.5, 0.6) is 0 Å². The fourth-order valence-corrected chi connectivity index (χ4v) is 2.51. The molecule has 2 unspecified atom stereocenters. The van der Waals surface area contributed by atoms with Crippen LogP contribution >= 0.6 is 0 Å². The predicted molar refractivity (Wildman–Crippen MR) is 73.2 cm³/mol. The molecule has 1 aromatic rings. The Bertz CT molecular complexity index is 346. The molecule has 0 saturated heterocycles. The Kier molecular flexibility index (Phi) is 5.16. The highest BCUT2D eigenvalue weighted by Crippen LogP contribution is 2.23. The van der Waals surface area contributed by atoms with Crippen LogP contribution in [0, 0.1) is 32.6 Å². The molecule has 3 N–H and O–H groups in total. The van der Waals surface area contributed by atoms with Crippen molar-refractivity contribution in [3.05, 3.63) is 34.4 Å². The zero-order chi connectivity index (χ0) is 13.0. The molecule has 0 bridgehead atoms. The maximum atomic E-state index is 9.28. The normalized spacial score (nSPS) is 14.7. The van der Waals surface area contributed by atoms with E-state index in [-0.39, 0.29) is 12.5 Å². The van der Waals surface area contributed by atoms with Gasteiger partial charge in [-0.15, -0.1) is 0 Å². The summed E-state index contributed by atoms with van der Waals surface area (Å²) < 4.78 is 0. The minimum absolute atomic E-state index is 0.182. The van der Waals surface area contributed by atoms with E-state index in [2.05, 4.69) is 39.8 Å². The standard InChI is InChI=1S/C15H25NO/c1-10-5-12(3)15(13(4)6-10)7-11(2)14(8-16)9-17/h5-6,11,14,17H,7-9,16H2,1-4H3. The van der Waals surface area contributed by atoms with Crippen LogP contribution in [-0.4, -0.2) is 18.3 Å². The first kappa shape index (κ1) is 14.2. The van der Waals surface area contributed by atoms with Crippen LogP contribution in [0.25, 0.3) is 0 Å². The van der Waals surface area contributed by atoms with Gasteiger partial charge in [-0.25, -0.2) is 0 Å². The highest BCUT2D eigenvalue weighted by molar-refractivity contribution is 5.37. The monoisotopic (exact) mass is 235 g/mol. The Morgan fingerprint density at radius 2 is 1.71 bits per heavy atom. The minimum atomic E-state index is 0.182. The van der Waals surface area contributed by atoms with Crippen molar-refractivity contribution in [2.24, 2.45) is 17.6 Å². The SMILES string of the molecule is Cc1cc(C)c(CC(C)C(CN)CO)c(C)c1. The van der Waals surface area contributed by atoms with Crippen LogP contribution in [0.15, 0.2) is 12.1 Å². The average molecular weight is 235 g/mol. The Hall–Kier alpha value is -0.860. The van der Waals surface area contributed by atoms with Gasteiger partial charge in [-0.1, -0.05) is 24.6 Å². The van der Waals surface area contributed by atoms with Crippen molar-refractivity contribution in [1.82, 2.24) is 0 Å². The first-order valence-electron chi connectivity index (χ1n) is 6.37. The third-order valence-electron chi connectivity index (χ3n) is 3.71. The van der Waals surface area contributed by atoms with Gasteiger partial charge in [0.05, 0.1) is 0 Å².